The Bertz CT molecular complexity index is 807. The molecule has 4 nitrogen and oxygen atoms in total. The van der Waals surface area contributed by atoms with Crippen molar-refractivity contribution in [1.82, 2.24) is 0 Å². The Labute approximate surface area is 170 Å². The molecule has 2 aromatic carbocycles. The van der Waals surface area contributed by atoms with Gasteiger partial charge in [-0.3, -0.25) is 0 Å². The lowest BCUT2D eigenvalue weighted by Gasteiger charge is -2.17. The fourth-order valence-corrected chi connectivity index (χ4v) is 2.91. The standard InChI is InChI=1S/C22H25ClFNO3/c1-15(2)28-16(3)9-17-5-4-6-21(10-17)26-13-20(24)14-27-22-8-7-19(23)11-18(22)12-25/h4-8,10-11,15-16,20H,9,13-14H2,1-3H3/t16-,20+/m1/s1. The van der Waals surface area contributed by atoms with Crippen molar-refractivity contribution in [2.24, 2.45) is 0 Å². The van der Waals surface area contributed by atoms with E-state index in [9.17, 15) is 4.39 Å². The van der Waals surface area contributed by atoms with E-state index in [4.69, 9.17) is 31.1 Å². The Hall–Kier alpha value is -2.29. The largest absolute Gasteiger partial charge is 0.490 e. The highest BCUT2D eigenvalue weighted by molar-refractivity contribution is 6.30. The van der Waals surface area contributed by atoms with Crippen LogP contribution in [0.3, 0.4) is 0 Å². The molecular formula is C22H25ClFNO3. The van der Waals surface area contributed by atoms with Crippen LogP contribution in [0.25, 0.3) is 0 Å². The number of halogens is 2. The summed E-state index contributed by atoms with van der Waals surface area (Å²) in [6.07, 6.45) is -0.324. The molecule has 0 spiro atoms. The number of hydrogen-bond donors (Lipinski definition) is 0. The predicted molar refractivity (Wildman–Crippen MR) is 108 cm³/mol. The summed E-state index contributed by atoms with van der Waals surface area (Å²) in [4.78, 5) is 0. The molecule has 0 saturated heterocycles. The third-order valence-corrected chi connectivity index (χ3v) is 4.07. The van der Waals surface area contributed by atoms with Gasteiger partial charge in [0.1, 0.15) is 30.8 Å². The van der Waals surface area contributed by atoms with Crippen molar-refractivity contribution < 1.29 is 18.6 Å². The molecule has 0 aliphatic rings. The smallest absolute Gasteiger partial charge is 0.168 e. The number of nitriles is 1. The van der Waals surface area contributed by atoms with Crippen LogP contribution in [0.15, 0.2) is 42.5 Å². The van der Waals surface area contributed by atoms with Crippen molar-refractivity contribution in [3.05, 3.63) is 58.6 Å². The SMILES string of the molecule is CC(C)O[C@H](C)Cc1cccc(OC[C@H](F)COc2ccc(Cl)cc2C#N)c1. The highest BCUT2D eigenvalue weighted by atomic mass is 35.5. The zero-order chi connectivity index (χ0) is 20.5. The molecule has 0 N–H and O–H groups in total. The maximum absolute atomic E-state index is 14.2. The average Bonchev–Trinajstić information content (AvgIpc) is 2.64. The first-order valence-electron chi connectivity index (χ1n) is 9.21. The van der Waals surface area contributed by atoms with Gasteiger partial charge in [-0.05, 0) is 63.1 Å². The van der Waals surface area contributed by atoms with Crippen LogP contribution in [0.1, 0.15) is 31.9 Å². The molecule has 0 amide bonds. The summed E-state index contributed by atoms with van der Waals surface area (Å²) >= 11 is 5.84. The maximum Gasteiger partial charge on any atom is 0.168 e. The Morgan fingerprint density at radius 1 is 1.07 bits per heavy atom. The average molecular weight is 406 g/mol. The van der Waals surface area contributed by atoms with Gasteiger partial charge < -0.3 is 14.2 Å². The molecule has 0 bridgehead atoms. The predicted octanol–water partition coefficient (Wildman–Crippen LogP) is 5.36. The molecule has 0 aromatic heterocycles. The van der Waals surface area contributed by atoms with E-state index in [1.807, 2.05) is 45.0 Å². The van der Waals surface area contributed by atoms with Crippen LogP contribution in [0.2, 0.25) is 5.02 Å². The van der Waals surface area contributed by atoms with Gasteiger partial charge in [-0.25, -0.2) is 4.39 Å². The lowest BCUT2D eigenvalue weighted by molar-refractivity contribution is 0.0194. The fraction of sp³-hybridized carbons (Fsp3) is 0.409. The Kier molecular flexibility index (Phi) is 8.56. The van der Waals surface area contributed by atoms with E-state index in [2.05, 4.69) is 0 Å². The molecule has 2 rings (SSSR count). The monoisotopic (exact) mass is 405 g/mol. The Balaban J connectivity index is 1.83. The first-order valence-corrected chi connectivity index (χ1v) is 9.59. The summed E-state index contributed by atoms with van der Waals surface area (Å²) in [5, 5.41) is 9.51. The van der Waals surface area contributed by atoms with Gasteiger partial charge in [0.15, 0.2) is 6.17 Å². The normalized spacial score (nSPS) is 13.0. The Morgan fingerprint density at radius 2 is 1.82 bits per heavy atom. The summed E-state index contributed by atoms with van der Waals surface area (Å²) in [6.45, 7) is 5.67. The van der Waals surface area contributed by atoms with E-state index in [-0.39, 0.29) is 31.0 Å². The second kappa shape index (κ2) is 10.9. The third kappa shape index (κ3) is 7.38. The highest BCUT2D eigenvalue weighted by Gasteiger charge is 2.12. The van der Waals surface area contributed by atoms with Crippen molar-refractivity contribution in [3.63, 3.8) is 0 Å². The minimum Gasteiger partial charge on any atom is -0.490 e. The minimum atomic E-state index is -1.34. The second-order valence-electron chi connectivity index (χ2n) is 6.82. The van der Waals surface area contributed by atoms with Gasteiger partial charge in [0.2, 0.25) is 0 Å². The minimum absolute atomic E-state index is 0.0891. The summed E-state index contributed by atoms with van der Waals surface area (Å²) in [5.41, 5.74) is 1.34. The number of hydrogen-bond acceptors (Lipinski definition) is 4. The number of ether oxygens (including phenoxy) is 3. The van der Waals surface area contributed by atoms with E-state index < -0.39 is 6.17 Å². The van der Waals surface area contributed by atoms with Gasteiger partial charge in [-0.15, -0.1) is 0 Å². The molecule has 0 fully saturated rings. The third-order valence-electron chi connectivity index (χ3n) is 3.84. The number of alkyl halides is 1. The summed E-state index contributed by atoms with van der Waals surface area (Å²) in [6, 6.07) is 14.2. The van der Waals surface area contributed by atoms with E-state index in [1.54, 1.807) is 18.2 Å². The van der Waals surface area contributed by atoms with Gasteiger partial charge in [0.25, 0.3) is 0 Å². The van der Waals surface area contributed by atoms with Crippen LogP contribution in [-0.4, -0.2) is 31.6 Å². The van der Waals surface area contributed by atoms with Crippen LogP contribution >= 0.6 is 11.6 Å². The molecule has 6 heteroatoms. The van der Waals surface area contributed by atoms with Crippen molar-refractivity contribution in [1.29, 1.82) is 5.26 Å². The highest BCUT2D eigenvalue weighted by Crippen LogP contribution is 2.22. The van der Waals surface area contributed by atoms with Gasteiger partial charge in [0.05, 0.1) is 17.8 Å². The summed E-state index contributed by atoms with van der Waals surface area (Å²) < 4.78 is 30.9. The van der Waals surface area contributed by atoms with Gasteiger partial charge in [-0.2, -0.15) is 5.26 Å². The number of benzene rings is 2. The van der Waals surface area contributed by atoms with Crippen LogP contribution in [0.4, 0.5) is 4.39 Å². The fourth-order valence-electron chi connectivity index (χ4n) is 2.74. The van der Waals surface area contributed by atoms with Crippen molar-refractivity contribution in [2.45, 2.75) is 45.6 Å². The molecule has 28 heavy (non-hydrogen) atoms. The van der Waals surface area contributed by atoms with E-state index in [1.165, 1.54) is 6.07 Å². The molecule has 2 atom stereocenters. The van der Waals surface area contributed by atoms with Crippen LogP contribution in [0, 0.1) is 11.3 Å². The zero-order valence-electron chi connectivity index (χ0n) is 16.3. The van der Waals surface area contributed by atoms with Gasteiger partial charge in [0, 0.05) is 5.02 Å². The summed E-state index contributed by atoms with van der Waals surface area (Å²) in [5.74, 6) is 0.900. The molecule has 0 heterocycles. The zero-order valence-corrected chi connectivity index (χ0v) is 17.1. The topological polar surface area (TPSA) is 51.5 Å². The molecule has 0 radical (unpaired) electrons. The van der Waals surface area contributed by atoms with Crippen molar-refractivity contribution in [3.8, 4) is 17.6 Å². The van der Waals surface area contributed by atoms with E-state index in [0.717, 1.165) is 12.0 Å². The number of rotatable bonds is 10. The number of nitrogens with zero attached hydrogens (tertiary/aromatic N) is 1. The molecular weight excluding hydrogens is 381 g/mol. The Morgan fingerprint density at radius 3 is 2.54 bits per heavy atom. The quantitative estimate of drug-likeness (QED) is 0.533. The van der Waals surface area contributed by atoms with E-state index in [0.29, 0.717) is 16.5 Å². The van der Waals surface area contributed by atoms with Crippen LogP contribution in [0.5, 0.6) is 11.5 Å². The van der Waals surface area contributed by atoms with Gasteiger partial charge in [-0.1, -0.05) is 23.7 Å². The van der Waals surface area contributed by atoms with Crippen LogP contribution in [-0.2, 0) is 11.2 Å². The summed E-state index contributed by atoms with van der Waals surface area (Å²) in [7, 11) is 0. The second-order valence-corrected chi connectivity index (χ2v) is 7.25. The molecule has 0 aliphatic heterocycles. The van der Waals surface area contributed by atoms with Crippen molar-refractivity contribution >= 4 is 11.6 Å². The lowest BCUT2D eigenvalue weighted by Crippen LogP contribution is -2.21. The molecule has 0 aliphatic carbocycles. The lowest BCUT2D eigenvalue weighted by atomic mass is 10.1. The molecule has 0 unspecified atom stereocenters. The maximum atomic E-state index is 14.2. The van der Waals surface area contributed by atoms with Gasteiger partial charge >= 0.3 is 0 Å². The molecule has 0 saturated carbocycles. The van der Waals surface area contributed by atoms with Crippen LogP contribution < -0.4 is 9.47 Å². The molecule has 150 valence electrons. The van der Waals surface area contributed by atoms with E-state index >= 15 is 0 Å². The first kappa shape index (κ1) is 22.0. The van der Waals surface area contributed by atoms with Crippen molar-refractivity contribution in [2.75, 3.05) is 13.2 Å². The first-order chi connectivity index (χ1) is 13.4. The molecule has 2 aromatic rings.